The minimum atomic E-state index is -0.135. The van der Waals surface area contributed by atoms with E-state index >= 15 is 0 Å². The van der Waals surface area contributed by atoms with Crippen molar-refractivity contribution in [1.29, 1.82) is 0 Å². The minimum Gasteiger partial charge on any atom is -0.370 e. The average Bonchev–Trinajstić information content (AvgIpc) is 2.18. The highest BCUT2D eigenvalue weighted by Gasteiger charge is 2.11. The van der Waals surface area contributed by atoms with Gasteiger partial charge in [0.25, 0.3) is 0 Å². The fraction of sp³-hybridized carbons (Fsp3) is 0.500. The Morgan fingerprint density at radius 1 is 1.29 bits per heavy atom. The molecule has 0 unspecified atom stereocenters. The van der Waals surface area contributed by atoms with Crippen LogP contribution in [0.25, 0.3) is 0 Å². The number of nitrogens with zero attached hydrogens (tertiary/aromatic N) is 2. The van der Waals surface area contributed by atoms with E-state index in [9.17, 15) is 0 Å². The van der Waals surface area contributed by atoms with Crippen LogP contribution in [0.2, 0.25) is 0 Å². The Labute approximate surface area is 104 Å². The molecule has 0 aliphatic heterocycles. The molecule has 17 heavy (non-hydrogen) atoms. The molecular weight excluding hydrogens is 210 g/mol. The van der Waals surface area contributed by atoms with Gasteiger partial charge in [-0.1, -0.05) is 24.3 Å². The Morgan fingerprint density at radius 2 is 1.88 bits per heavy atom. The molecule has 1 rings (SSSR count). The van der Waals surface area contributed by atoms with Crippen LogP contribution in [0, 0.1) is 6.92 Å². The third-order valence-electron chi connectivity index (χ3n) is 2.51. The molecular formula is C14H23N3. The first-order chi connectivity index (χ1) is 7.79. The summed E-state index contributed by atoms with van der Waals surface area (Å²) in [6.07, 6.45) is 0. The van der Waals surface area contributed by atoms with E-state index in [1.165, 1.54) is 11.1 Å². The third kappa shape index (κ3) is 4.47. The average molecular weight is 233 g/mol. The van der Waals surface area contributed by atoms with Gasteiger partial charge in [-0.05, 0) is 38.8 Å². The number of guanidine groups is 1. The van der Waals surface area contributed by atoms with E-state index < -0.39 is 0 Å². The molecule has 0 atom stereocenters. The highest BCUT2D eigenvalue weighted by Crippen LogP contribution is 2.11. The molecule has 0 fully saturated rings. The lowest BCUT2D eigenvalue weighted by Crippen LogP contribution is -2.36. The molecule has 0 heterocycles. The van der Waals surface area contributed by atoms with Crippen LogP contribution in [0.4, 0.5) is 0 Å². The van der Waals surface area contributed by atoms with E-state index in [0.29, 0.717) is 5.96 Å². The predicted molar refractivity (Wildman–Crippen MR) is 74.0 cm³/mol. The summed E-state index contributed by atoms with van der Waals surface area (Å²) < 4.78 is 0. The zero-order chi connectivity index (χ0) is 13.1. The van der Waals surface area contributed by atoms with Gasteiger partial charge >= 0.3 is 0 Å². The summed E-state index contributed by atoms with van der Waals surface area (Å²) in [5, 5.41) is 0. The summed E-state index contributed by atoms with van der Waals surface area (Å²) in [6.45, 7) is 9.03. The number of aliphatic imine (C=N–C) groups is 1. The monoisotopic (exact) mass is 233 g/mol. The summed E-state index contributed by atoms with van der Waals surface area (Å²) in [5.41, 5.74) is 8.40. The van der Waals surface area contributed by atoms with Gasteiger partial charge in [0.1, 0.15) is 0 Å². The molecule has 1 aromatic carbocycles. The van der Waals surface area contributed by atoms with Gasteiger partial charge in [-0.3, -0.25) is 0 Å². The quantitative estimate of drug-likeness (QED) is 0.630. The van der Waals surface area contributed by atoms with Crippen molar-refractivity contribution in [3.63, 3.8) is 0 Å². The van der Waals surface area contributed by atoms with Crippen LogP contribution in [0.15, 0.2) is 29.3 Å². The van der Waals surface area contributed by atoms with Crippen LogP contribution in [-0.2, 0) is 6.54 Å². The fourth-order valence-corrected chi connectivity index (χ4v) is 1.55. The van der Waals surface area contributed by atoms with Gasteiger partial charge in [-0.25, -0.2) is 4.99 Å². The number of hydrogen-bond donors (Lipinski definition) is 1. The van der Waals surface area contributed by atoms with Gasteiger partial charge in [0.15, 0.2) is 5.96 Å². The highest BCUT2D eigenvalue weighted by atomic mass is 15.2. The van der Waals surface area contributed by atoms with Crippen molar-refractivity contribution in [2.75, 3.05) is 7.05 Å². The van der Waals surface area contributed by atoms with E-state index in [0.717, 1.165) is 6.54 Å². The van der Waals surface area contributed by atoms with Crippen LogP contribution in [-0.4, -0.2) is 23.4 Å². The number of nitrogens with two attached hydrogens (primary N) is 1. The van der Waals surface area contributed by atoms with E-state index in [1.807, 2.05) is 44.9 Å². The summed E-state index contributed by atoms with van der Waals surface area (Å²) in [5.74, 6) is 0.584. The minimum absolute atomic E-state index is 0.135. The zero-order valence-corrected chi connectivity index (χ0v) is 11.5. The molecule has 94 valence electrons. The third-order valence-corrected chi connectivity index (χ3v) is 2.51. The summed E-state index contributed by atoms with van der Waals surface area (Å²) in [4.78, 5) is 6.44. The van der Waals surface area contributed by atoms with Gasteiger partial charge < -0.3 is 10.6 Å². The molecule has 0 radical (unpaired) electrons. The van der Waals surface area contributed by atoms with Crippen molar-refractivity contribution in [3.05, 3.63) is 35.4 Å². The van der Waals surface area contributed by atoms with Crippen LogP contribution in [0.3, 0.4) is 0 Å². The van der Waals surface area contributed by atoms with Gasteiger partial charge in [0, 0.05) is 13.6 Å². The number of rotatable bonds is 2. The largest absolute Gasteiger partial charge is 0.370 e. The lowest BCUT2D eigenvalue weighted by atomic mass is 10.1. The first-order valence-corrected chi connectivity index (χ1v) is 5.90. The molecule has 3 nitrogen and oxygen atoms in total. The van der Waals surface area contributed by atoms with Crippen LogP contribution in [0.1, 0.15) is 31.9 Å². The second-order valence-electron chi connectivity index (χ2n) is 5.42. The molecule has 0 aliphatic carbocycles. The SMILES string of the molecule is Cc1ccccc1CN(C)C(N)=NC(C)(C)C. The van der Waals surface area contributed by atoms with Crippen molar-refractivity contribution in [2.24, 2.45) is 10.7 Å². The standard InChI is InChI=1S/C14H23N3/c1-11-8-6-7-9-12(11)10-17(5)13(15)16-14(2,3)4/h6-9H,10H2,1-5H3,(H2,15,16). The van der Waals surface area contributed by atoms with Gasteiger partial charge in [0.2, 0.25) is 0 Å². The number of hydrogen-bond acceptors (Lipinski definition) is 1. The van der Waals surface area contributed by atoms with Crippen molar-refractivity contribution in [3.8, 4) is 0 Å². The maximum absolute atomic E-state index is 5.98. The molecule has 0 amide bonds. The Kier molecular flexibility index (Phi) is 4.16. The molecule has 0 spiro atoms. The zero-order valence-electron chi connectivity index (χ0n) is 11.5. The van der Waals surface area contributed by atoms with Crippen molar-refractivity contribution in [1.82, 2.24) is 4.90 Å². The Balaban J connectivity index is 2.77. The van der Waals surface area contributed by atoms with E-state index in [4.69, 9.17) is 5.73 Å². The summed E-state index contributed by atoms with van der Waals surface area (Å²) in [6, 6.07) is 8.33. The van der Waals surface area contributed by atoms with Crippen LogP contribution in [0.5, 0.6) is 0 Å². The molecule has 0 aromatic heterocycles. The Hall–Kier alpha value is -1.51. The number of aryl methyl sites for hydroxylation is 1. The smallest absolute Gasteiger partial charge is 0.191 e. The maximum Gasteiger partial charge on any atom is 0.191 e. The molecule has 0 saturated carbocycles. The van der Waals surface area contributed by atoms with Gasteiger partial charge in [-0.2, -0.15) is 0 Å². The second kappa shape index (κ2) is 5.21. The van der Waals surface area contributed by atoms with E-state index in [1.54, 1.807) is 0 Å². The fourth-order valence-electron chi connectivity index (χ4n) is 1.55. The van der Waals surface area contributed by atoms with E-state index in [2.05, 4.69) is 24.0 Å². The molecule has 0 bridgehead atoms. The van der Waals surface area contributed by atoms with Crippen molar-refractivity contribution in [2.45, 2.75) is 39.8 Å². The first-order valence-electron chi connectivity index (χ1n) is 5.90. The van der Waals surface area contributed by atoms with Crippen molar-refractivity contribution >= 4 is 5.96 Å². The molecule has 0 aliphatic rings. The van der Waals surface area contributed by atoms with Gasteiger partial charge in [0.05, 0.1) is 5.54 Å². The Bertz CT molecular complexity index is 402. The normalized spacial score (nSPS) is 12.6. The van der Waals surface area contributed by atoms with Crippen LogP contribution >= 0.6 is 0 Å². The molecule has 2 N–H and O–H groups in total. The maximum atomic E-state index is 5.98. The molecule has 1 aromatic rings. The first kappa shape index (κ1) is 13.6. The van der Waals surface area contributed by atoms with Gasteiger partial charge in [-0.15, -0.1) is 0 Å². The van der Waals surface area contributed by atoms with Crippen molar-refractivity contribution < 1.29 is 0 Å². The van der Waals surface area contributed by atoms with Crippen LogP contribution < -0.4 is 5.73 Å². The predicted octanol–water partition coefficient (Wildman–Crippen LogP) is 2.54. The summed E-state index contributed by atoms with van der Waals surface area (Å²) >= 11 is 0. The molecule has 3 heteroatoms. The Morgan fingerprint density at radius 3 is 2.41 bits per heavy atom. The van der Waals surface area contributed by atoms with E-state index in [-0.39, 0.29) is 5.54 Å². The lowest BCUT2D eigenvalue weighted by molar-refractivity contribution is 0.473. The lowest BCUT2D eigenvalue weighted by Gasteiger charge is -2.22. The second-order valence-corrected chi connectivity index (χ2v) is 5.42. The summed E-state index contributed by atoms with van der Waals surface area (Å²) in [7, 11) is 1.97. The molecule has 0 saturated heterocycles. The topological polar surface area (TPSA) is 41.6 Å². The highest BCUT2D eigenvalue weighted by molar-refractivity contribution is 5.78. The number of benzene rings is 1.